The van der Waals surface area contributed by atoms with E-state index in [1.54, 1.807) is 0 Å². The summed E-state index contributed by atoms with van der Waals surface area (Å²) in [6.45, 7) is -0.155. The molecule has 3 aromatic carbocycles. The molecule has 4 nitrogen and oxygen atoms in total. The second kappa shape index (κ2) is 10.2. The zero-order chi connectivity index (χ0) is 24.2. The van der Waals surface area contributed by atoms with Crippen molar-refractivity contribution in [2.45, 2.75) is 6.18 Å². The summed E-state index contributed by atoms with van der Waals surface area (Å²) in [5.74, 6) is -1.78. The number of amides is 2. The highest BCUT2D eigenvalue weighted by Crippen LogP contribution is 2.29. The molecule has 0 radical (unpaired) electrons. The second-order valence-corrected chi connectivity index (χ2v) is 7.74. The molecule has 0 saturated heterocycles. The maximum Gasteiger partial charge on any atom is 0.416 e. The maximum absolute atomic E-state index is 13.4. The first-order valence-electron chi connectivity index (χ1n) is 9.54. The van der Waals surface area contributed by atoms with Gasteiger partial charge in [0.2, 0.25) is 0 Å². The van der Waals surface area contributed by atoms with Gasteiger partial charge in [-0.3, -0.25) is 9.59 Å². The largest absolute Gasteiger partial charge is 0.416 e. The molecule has 0 bridgehead atoms. The first-order valence-corrected chi connectivity index (χ1v) is 10.3. The Morgan fingerprint density at radius 1 is 0.939 bits per heavy atom. The lowest BCUT2D eigenvalue weighted by Gasteiger charge is -2.24. The summed E-state index contributed by atoms with van der Waals surface area (Å²) >= 11 is 12.0. The van der Waals surface area contributed by atoms with Crippen LogP contribution >= 0.6 is 23.2 Å². The lowest BCUT2D eigenvalue weighted by Crippen LogP contribution is -2.39. The van der Waals surface area contributed by atoms with Gasteiger partial charge in [-0.2, -0.15) is 13.2 Å². The number of benzene rings is 3. The van der Waals surface area contributed by atoms with Gasteiger partial charge in [0.1, 0.15) is 5.82 Å². The third kappa shape index (κ3) is 6.24. The monoisotopic (exact) mass is 498 g/mol. The summed E-state index contributed by atoms with van der Waals surface area (Å²) in [6.07, 6.45) is -4.58. The standard InChI is InChI=1S/C23H16Cl2F4N2O2/c24-16-4-9-19(20(25)13-16)22(33)31(18-7-5-17(26)6-8-18)11-10-30-21(32)14-2-1-3-15(12-14)23(27,28)29/h1-9,12-13H,10-11H2,(H,30,32). The van der Waals surface area contributed by atoms with Crippen LogP contribution in [0.15, 0.2) is 66.7 Å². The third-order valence-corrected chi connectivity index (χ3v) is 5.17. The van der Waals surface area contributed by atoms with E-state index in [4.69, 9.17) is 23.2 Å². The maximum atomic E-state index is 13.4. The summed E-state index contributed by atoms with van der Waals surface area (Å²) in [6, 6.07) is 13.4. The van der Waals surface area contributed by atoms with Gasteiger partial charge in [-0.05, 0) is 60.7 Å². The minimum absolute atomic E-state index is 0.0614. The van der Waals surface area contributed by atoms with Gasteiger partial charge < -0.3 is 10.2 Å². The Morgan fingerprint density at radius 3 is 2.27 bits per heavy atom. The Hall–Kier alpha value is -3.10. The van der Waals surface area contributed by atoms with Crippen LogP contribution < -0.4 is 10.2 Å². The number of halogens is 6. The number of hydrogen-bond acceptors (Lipinski definition) is 2. The predicted octanol–water partition coefficient (Wildman–Crippen LogP) is 6.23. The smallest absolute Gasteiger partial charge is 0.350 e. The first-order chi connectivity index (χ1) is 15.6. The van der Waals surface area contributed by atoms with E-state index in [1.165, 1.54) is 53.4 Å². The van der Waals surface area contributed by atoms with Crippen molar-refractivity contribution in [3.05, 3.63) is 99.3 Å². The third-order valence-electron chi connectivity index (χ3n) is 4.62. The van der Waals surface area contributed by atoms with Crippen molar-refractivity contribution in [1.29, 1.82) is 0 Å². The predicted molar refractivity (Wildman–Crippen MR) is 118 cm³/mol. The summed E-state index contributed by atoms with van der Waals surface area (Å²) in [7, 11) is 0. The Kier molecular flexibility index (Phi) is 7.61. The Bertz CT molecular complexity index is 1170. The first kappa shape index (κ1) is 24.5. The highest BCUT2D eigenvalue weighted by Gasteiger charge is 2.31. The van der Waals surface area contributed by atoms with Crippen molar-refractivity contribution in [1.82, 2.24) is 5.32 Å². The molecule has 3 rings (SSSR count). The van der Waals surface area contributed by atoms with E-state index in [-0.39, 0.29) is 29.2 Å². The normalized spacial score (nSPS) is 11.2. The van der Waals surface area contributed by atoms with Gasteiger partial charge in [-0.25, -0.2) is 4.39 Å². The van der Waals surface area contributed by atoms with Gasteiger partial charge in [-0.15, -0.1) is 0 Å². The van der Waals surface area contributed by atoms with Crippen LogP contribution in [0.3, 0.4) is 0 Å². The summed E-state index contributed by atoms with van der Waals surface area (Å²) < 4.78 is 52.0. The number of rotatable bonds is 6. The van der Waals surface area contributed by atoms with Gasteiger partial charge >= 0.3 is 6.18 Å². The van der Waals surface area contributed by atoms with Crippen LogP contribution in [0.25, 0.3) is 0 Å². The number of carbonyl (C=O) groups excluding carboxylic acids is 2. The molecule has 0 aliphatic carbocycles. The lowest BCUT2D eigenvalue weighted by molar-refractivity contribution is -0.137. The van der Waals surface area contributed by atoms with Crippen LogP contribution in [0, 0.1) is 5.82 Å². The number of nitrogens with one attached hydrogen (secondary N) is 1. The van der Waals surface area contributed by atoms with Crippen molar-refractivity contribution in [3.63, 3.8) is 0 Å². The molecular weight excluding hydrogens is 483 g/mol. The Morgan fingerprint density at radius 2 is 1.64 bits per heavy atom. The average Bonchev–Trinajstić information content (AvgIpc) is 2.76. The van der Waals surface area contributed by atoms with Gasteiger partial charge in [0, 0.05) is 29.4 Å². The van der Waals surface area contributed by atoms with E-state index in [2.05, 4.69) is 5.32 Å². The number of hydrogen-bond donors (Lipinski definition) is 1. The zero-order valence-electron chi connectivity index (χ0n) is 16.8. The van der Waals surface area contributed by atoms with Crippen LogP contribution in [0.5, 0.6) is 0 Å². The molecular formula is C23H16Cl2F4N2O2. The molecule has 33 heavy (non-hydrogen) atoms. The summed E-state index contributed by atoms with van der Waals surface area (Å²) in [5, 5.41) is 2.93. The van der Waals surface area contributed by atoms with E-state index in [1.807, 2.05) is 0 Å². The fraction of sp³-hybridized carbons (Fsp3) is 0.130. The number of alkyl halides is 3. The minimum Gasteiger partial charge on any atom is -0.350 e. The summed E-state index contributed by atoms with van der Waals surface area (Å²) in [4.78, 5) is 26.7. The second-order valence-electron chi connectivity index (χ2n) is 6.89. The van der Waals surface area contributed by atoms with E-state index < -0.39 is 29.4 Å². The lowest BCUT2D eigenvalue weighted by atomic mass is 10.1. The Balaban J connectivity index is 1.78. The number of nitrogens with zero attached hydrogens (tertiary/aromatic N) is 1. The molecule has 0 aromatic heterocycles. The molecule has 10 heteroatoms. The minimum atomic E-state index is -4.58. The van der Waals surface area contributed by atoms with Gasteiger partial charge in [0.25, 0.3) is 11.8 Å². The quantitative estimate of drug-likeness (QED) is 0.409. The van der Waals surface area contributed by atoms with Gasteiger partial charge in [0.05, 0.1) is 16.1 Å². The van der Waals surface area contributed by atoms with E-state index in [0.717, 1.165) is 18.2 Å². The fourth-order valence-corrected chi connectivity index (χ4v) is 3.49. The van der Waals surface area contributed by atoms with Crippen LogP contribution in [-0.2, 0) is 6.18 Å². The Labute approximate surface area is 196 Å². The van der Waals surface area contributed by atoms with Crippen LogP contribution in [0.4, 0.5) is 23.2 Å². The van der Waals surface area contributed by atoms with Gasteiger partial charge in [-0.1, -0.05) is 29.3 Å². The van der Waals surface area contributed by atoms with Crippen molar-refractivity contribution in [3.8, 4) is 0 Å². The molecule has 0 fully saturated rings. The summed E-state index contributed by atoms with van der Waals surface area (Å²) in [5.41, 5.74) is -0.656. The molecule has 0 heterocycles. The van der Waals surface area contributed by atoms with Crippen molar-refractivity contribution >= 4 is 40.7 Å². The van der Waals surface area contributed by atoms with Gasteiger partial charge in [0.15, 0.2) is 0 Å². The topological polar surface area (TPSA) is 49.4 Å². The highest BCUT2D eigenvalue weighted by molar-refractivity contribution is 6.37. The van der Waals surface area contributed by atoms with Crippen molar-refractivity contribution < 1.29 is 27.2 Å². The molecule has 172 valence electrons. The van der Waals surface area contributed by atoms with Crippen molar-refractivity contribution in [2.75, 3.05) is 18.0 Å². The van der Waals surface area contributed by atoms with E-state index in [0.29, 0.717) is 10.7 Å². The van der Waals surface area contributed by atoms with E-state index >= 15 is 0 Å². The molecule has 0 unspecified atom stereocenters. The molecule has 0 saturated carbocycles. The molecule has 0 aliphatic rings. The number of anilines is 1. The van der Waals surface area contributed by atoms with Crippen LogP contribution in [0.1, 0.15) is 26.3 Å². The highest BCUT2D eigenvalue weighted by atomic mass is 35.5. The molecule has 0 aliphatic heterocycles. The van der Waals surface area contributed by atoms with E-state index in [9.17, 15) is 27.2 Å². The molecule has 0 spiro atoms. The van der Waals surface area contributed by atoms with Crippen LogP contribution in [-0.4, -0.2) is 24.9 Å². The molecule has 1 N–H and O–H groups in total. The SMILES string of the molecule is O=C(NCCN(C(=O)c1ccc(Cl)cc1Cl)c1ccc(F)cc1)c1cccc(C(F)(F)F)c1. The fourth-order valence-electron chi connectivity index (χ4n) is 3.00. The molecule has 2 amide bonds. The van der Waals surface area contributed by atoms with Crippen molar-refractivity contribution in [2.24, 2.45) is 0 Å². The zero-order valence-corrected chi connectivity index (χ0v) is 18.3. The molecule has 3 aromatic rings. The molecule has 0 atom stereocenters. The van der Waals surface area contributed by atoms with Crippen LogP contribution in [0.2, 0.25) is 10.0 Å². The number of carbonyl (C=O) groups is 2. The average molecular weight is 499 g/mol.